The minimum atomic E-state index is -1.95. The van der Waals surface area contributed by atoms with Gasteiger partial charge in [-0.2, -0.15) is 0 Å². The minimum Gasteiger partial charge on any atom is -0.459 e. The number of carbonyl (C=O) groups is 1. The second kappa shape index (κ2) is 4.95. The van der Waals surface area contributed by atoms with Crippen molar-refractivity contribution in [3.63, 3.8) is 0 Å². The van der Waals surface area contributed by atoms with Crippen molar-refractivity contribution in [3.05, 3.63) is 59.6 Å². The van der Waals surface area contributed by atoms with Gasteiger partial charge in [0.1, 0.15) is 11.6 Å². The minimum absolute atomic E-state index is 0.0116. The maximum absolute atomic E-state index is 14.9. The van der Waals surface area contributed by atoms with Crippen LogP contribution in [0.1, 0.15) is 22.5 Å². The van der Waals surface area contributed by atoms with E-state index in [-0.39, 0.29) is 30.8 Å². The summed E-state index contributed by atoms with van der Waals surface area (Å²) in [6.45, 7) is -0.0937. The first kappa shape index (κ1) is 13.7. The number of hydrogen-bond acceptors (Lipinski definition) is 2. The topological polar surface area (TPSA) is 33.5 Å². The molecule has 110 valence electrons. The zero-order valence-electron chi connectivity index (χ0n) is 11.0. The van der Waals surface area contributed by atoms with Crippen molar-refractivity contribution in [1.29, 1.82) is 0 Å². The first-order valence-corrected chi connectivity index (χ1v) is 6.46. The largest absolute Gasteiger partial charge is 0.459 e. The Morgan fingerprint density at radius 3 is 2.57 bits per heavy atom. The van der Waals surface area contributed by atoms with Gasteiger partial charge >= 0.3 is 0 Å². The van der Waals surface area contributed by atoms with Crippen LogP contribution in [0.4, 0.5) is 13.2 Å². The number of amides is 1. The predicted octanol–water partition coefficient (Wildman–Crippen LogP) is 3.27. The van der Waals surface area contributed by atoms with Crippen molar-refractivity contribution in [3.8, 4) is 0 Å². The molecule has 0 saturated carbocycles. The molecule has 1 fully saturated rings. The molecule has 1 amide bonds. The van der Waals surface area contributed by atoms with E-state index in [9.17, 15) is 18.0 Å². The normalized spacial score (nSPS) is 21.8. The number of carbonyl (C=O) groups excluding carboxylic acids is 1. The molecular weight excluding hydrogens is 283 g/mol. The molecule has 1 aliphatic rings. The molecule has 0 spiro atoms. The zero-order valence-corrected chi connectivity index (χ0v) is 11.0. The summed E-state index contributed by atoms with van der Waals surface area (Å²) >= 11 is 0. The molecule has 0 bridgehead atoms. The quantitative estimate of drug-likeness (QED) is 0.852. The van der Waals surface area contributed by atoms with Crippen LogP contribution in [0.3, 0.4) is 0 Å². The van der Waals surface area contributed by atoms with Crippen molar-refractivity contribution in [2.45, 2.75) is 12.1 Å². The molecule has 1 unspecified atom stereocenters. The Bertz CT molecular complexity index is 651. The summed E-state index contributed by atoms with van der Waals surface area (Å²) in [5.74, 6) is -1.99. The molecule has 2 aromatic rings. The second-order valence-corrected chi connectivity index (χ2v) is 5.08. The molecule has 1 atom stereocenters. The predicted molar refractivity (Wildman–Crippen MR) is 68.4 cm³/mol. The van der Waals surface area contributed by atoms with Gasteiger partial charge in [0.15, 0.2) is 11.4 Å². The van der Waals surface area contributed by atoms with E-state index >= 15 is 0 Å². The second-order valence-electron chi connectivity index (χ2n) is 5.08. The van der Waals surface area contributed by atoms with Crippen molar-refractivity contribution in [2.24, 2.45) is 0 Å². The van der Waals surface area contributed by atoms with Crippen molar-refractivity contribution in [1.82, 2.24) is 4.90 Å². The van der Waals surface area contributed by atoms with Crippen LogP contribution in [0.2, 0.25) is 0 Å². The van der Waals surface area contributed by atoms with Gasteiger partial charge in [0, 0.05) is 19.0 Å². The van der Waals surface area contributed by atoms with Crippen LogP contribution >= 0.6 is 0 Å². The molecule has 0 N–H and O–H groups in total. The fourth-order valence-electron chi connectivity index (χ4n) is 2.55. The van der Waals surface area contributed by atoms with Crippen LogP contribution in [0.25, 0.3) is 0 Å². The van der Waals surface area contributed by atoms with E-state index in [0.29, 0.717) is 6.07 Å². The van der Waals surface area contributed by atoms with Crippen LogP contribution in [0, 0.1) is 11.6 Å². The molecule has 3 nitrogen and oxygen atoms in total. The summed E-state index contributed by atoms with van der Waals surface area (Å²) in [4.78, 5) is 13.4. The summed E-state index contributed by atoms with van der Waals surface area (Å²) in [7, 11) is 0. The third-order valence-corrected chi connectivity index (χ3v) is 3.62. The average Bonchev–Trinajstić information content (AvgIpc) is 3.07. The van der Waals surface area contributed by atoms with E-state index in [2.05, 4.69) is 0 Å². The third kappa shape index (κ3) is 2.53. The molecule has 1 aromatic heterocycles. The number of nitrogens with zero attached hydrogens (tertiary/aromatic N) is 1. The highest BCUT2D eigenvalue weighted by atomic mass is 19.1. The monoisotopic (exact) mass is 295 g/mol. The lowest BCUT2D eigenvalue weighted by atomic mass is 9.95. The van der Waals surface area contributed by atoms with E-state index in [4.69, 9.17) is 4.42 Å². The van der Waals surface area contributed by atoms with Crippen LogP contribution in [0.15, 0.2) is 41.0 Å². The fraction of sp³-hybridized carbons (Fsp3) is 0.267. The fourth-order valence-corrected chi connectivity index (χ4v) is 2.55. The van der Waals surface area contributed by atoms with Gasteiger partial charge in [-0.05, 0) is 29.8 Å². The highest BCUT2D eigenvalue weighted by Gasteiger charge is 2.42. The van der Waals surface area contributed by atoms with E-state index < -0.39 is 23.2 Å². The van der Waals surface area contributed by atoms with Crippen molar-refractivity contribution >= 4 is 5.91 Å². The first-order chi connectivity index (χ1) is 9.98. The lowest BCUT2D eigenvalue weighted by Gasteiger charge is -2.21. The van der Waals surface area contributed by atoms with Gasteiger partial charge in [-0.1, -0.05) is 0 Å². The van der Waals surface area contributed by atoms with Gasteiger partial charge in [0.2, 0.25) is 0 Å². The lowest BCUT2D eigenvalue weighted by molar-refractivity contribution is 0.0719. The van der Waals surface area contributed by atoms with E-state index in [1.165, 1.54) is 17.2 Å². The molecule has 1 aliphatic heterocycles. The van der Waals surface area contributed by atoms with Crippen LogP contribution < -0.4 is 0 Å². The van der Waals surface area contributed by atoms with Crippen LogP contribution in [-0.4, -0.2) is 23.9 Å². The number of halogens is 3. The Morgan fingerprint density at radius 1 is 1.24 bits per heavy atom. The molecule has 6 heteroatoms. The molecule has 3 rings (SSSR count). The molecule has 0 aliphatic carbocycles. The smallest absolute Gasteiger partial charge is 0.289 e. The first-order valence-electron chi connectivity index (χ1n) is 6.46. The van der Waals surface area contributed by atoms with Gasteiger partial charge in [-0.15, -0.1) is 0 Å². The van der Waals surface area contributed by atoms with Crippen molar-refractivity contribution in [2.75, 3.05) is 13.1 Å². The maximum atomic E-state index is 14.9. The molecule has 1 saturated heterocycles. The van der Waals surface area contributed by atoms with Gasteiger partial charge in [-0.3, -0.25) is 4.79 Å². The molecule has 0 radical (unpaired) electrons. The van der Waals surface area contributed by atoms with Crippen LogP contribution in [-0.2, 0) is 5.67 Å². The zero-order chi connectivity index (χ0) is 15.0. The van der Waals surface area contributed by atoms with E-state index in [0.717, 1.165) is 12.1 Å². The highest BCUT2D eigenvalue weighted by molar-refractivity contribution is 5.91. The number of likely N-dealkylation sites (tertiary alicyclic amines) is 1. The Morgan fingerprint density at radius 2 is 1.95 bits per heavy atom. The molecule has 21 heavy (non-hydrogen) atoms. The Hall–Kier alpha value is -2.24. The summed E-state index contributed by atoms with van der Waals surface area (Å²) < 4.78 is 46.3. The number of furan rings is 1. The molecule has 2 heterocycles. The molecule has 1 aromatic carbocycles. The lowest BCUT2D eigenvalue weighted by Crippen LogP contribution is -2.32. The Balaban J connectivity index is 1.83. The maximum Gasteiger partial charge on any atom is 0.289 e. The van der Waals surface area contributed by atoms with Gasteiger partial charge in [0.25, 0.3) is 5.91 Å². The molecular formula is C15H12F3NO2. The van der Waals surface area contributed by atoms with Crippen LogP contribution in [0.5, 0.6) is 0 Å². The summed E-state index contributed by atoms with van der Waals surface area (Å²) in [6, 6.07) is 5.66. The van der Waals surface area contributed by atoms with Crippen molar-refractivity contribution < 1.29 is 22.4 Å². The van der Waals surface area contributed by atoms with Gasteiger partial charge in [0.05, 0.1) is 12.8 Å². The SMILES string of the molecule is O=C(c1ccco1)N1CCC(F)(c2cc(F)cc(F)c2)C1. The highest BCUT2D eigenvalue weighted by Crippen LogP contribution is 2.37. The summed E-state index contributed by atoms with van der Waals surface area (Å²) in [5.41, 5.74) is -2.04. The van der Waals surface area contributed by atoms with Gasteiger partial charge < -0.3 is 9.32 Å². The average molecular weight is 295 g/mol. The third-order valence-electron chi connectivity index (χ3n) is 3.62. The number of benzene rings is 1. The standard InChI is InChI=1S/C15H12F3NO2/c16-11-6-10(7-12(17)8-11)15(18)3-4-19(9-15)14(20)13-2-1-5-21-13/h1-2,5-8H,3-4,9H2. The Kier molecular flexibility index (Phi) is 3.23. The van der Waals surface area contributed by atoms with E-state index in [1.807, 2.05) is 0 Å². The summed E-state index contributed by atoms with van der Waals surface area (Å²) in [6.07, 6.45) is 1.34. The number of rotatable bonds is 2. The number of alkyl halides is 1. The van der Waals surface area contributed by atoms with E-state index in [1.54, 1.807) is 6.07 Å². The Labute approximate surface area is 119 Å². The summed E-state index contributed by atoms with van der Waals surface area (Å²) in [5, 5.41) is 0. The van der Waals surface area contributed by atoms with Gasteiger partial charge in [-0.25, -0.2) is 13.2 Å². The number of hydrogen-bond donors (Lipinski definition) is 0.